The van der Waals surface area contributed by atoms with Gasteiger partial charge in [-0.25, -0.2) is 0 Å². The van der Waals surface area contributed by atoms with Crippen LogP contribution in [0.5, 0.6) is 0 Å². The third-order valence-electron chi connectivity index (χ3n) is 1.91. The Balaban J connectivity index is 2.74. The minimum absolute atomic E-state index is 0.0000463. The third kappa shape index (κ3) is 4.84. The molecule has 0 aliphatic heterocycles. The van der Waals surface area contributed by atoms with Gasteiger partial charge in [0, 0.05) is 16.6 Å². The lowest BCUT2D eigenvalue weighted by Crippen LogP contribution is -2.28. The van der Waals surface area contributed by atoms with Crippen molar-refractivity contribution in [2.75, 3.05) is 23.9 Å². The van der Waals surface area contributed by atoms with Crippen LogP contribution in [0.4, 0.5) is 5.69 Å². The van der Waals surface area contributed by atoms with Crippen LogP contribution in [0.2, 0.25) is 5.15 Å². The van der Waals surface area contributed by atoms with Crippen molar-refractivity contribution in [3.05, 3.63) is 24.0 Å². The summed E-state index contributed by atoms with van der Waals surface area (Å²) in [5.74, 6) is -0.327. The minimum atomic E-state index is -1.27. The van der Waals surface area contributed by atoms with Crippen molar-refractivity contribution in [2.24, 2.45) is 5.16 Å². The highest BCUT2D eigenvalue weighted by Crippen LogP contribution is 2.16. The number of oxime groups is 1. The van der Waals surface area contributed by atoms with Crippen LogP contribution in [0.3, 0.4) is 0 Å². The van der Waals surface area contributed by atoms with Gasteiger partial charge < -0.3 is 10.2 Å². The van der Waals surface area contributed by atoms with E-state index in [1.165, 1.54) is 19.4 Å². The predicted octanol–water partition coefficient (Wildman–Crippen LogP) is 0.939. The Bertz CT molecular complexity index is 515. The van der Waals surface area contributed by atoms with E-state index in [9.17, 15) is 9.00 Å². The zero-order valence-electron chi connectivity index (χ0n) is 10.2. The lowest BCUT2D eigenvalue weighted by atomic mass is 10.4. The Morgan fingerprint density at radius 1 is 1.79 bits per heavy atom. The first-order valence-corrected chi connectivity index (χ1v) is 7.01. The molecular formula is C10H13ClN4O3S. The van der Waals surface area contributed by atoms with Crippen LogP contribution in [-0.4, -0.2) is 44.6 Å². The van der Waals surface area contributed by atoms with E-state index in [1.807, 2.05) is 0 Å². The first-order valence-electron chi connectivity index (χ1n) is 5.14. The van der Waals surface area contributed by atoms with Gasteiger partial charge in [0.1, 0.15) is 12.3 Å². The topological polar surface area (TPSA) is 96.4 Å². The number of aromatic amines is 1. The summed E-state index contributed by atoms with van der Waals surface area (Å²) in [6.45, 7) is 3.48. The molecule has 0 saturated heterocycles. The number of rotatable bonds is 7. The molecule has 1 amide bonds. The van der Waals surface area contributed by atoms with E-state index in [0.29, 0.717) is 5.69 Å². The molecule has 2 N–H and O–H groups in total. The van der Waals surface area contributed by atoms with E-state index in [-0.39, 0.29) is 22.4 Å². The van der Waals surface area contributed by atoms with Crippen molar-refractivity contribution in [3.63, 3.8) is 0 Å². The summed E-state index contributed by atoms with van der Waals surface area (Å²) >= 11 is 5.74. The van der Waals surface area contributed by atoms with Crippen LogP contribution >= 0.6 is 11.6 Å². The molecule has 104 valence electrons. The maximum absolute atomic E-state index is 11.9. The van der Waals surface area contributed by atoms with Crippen LogP contribution in [0.15, 0.2) is 24.0 Å². The number of hydrogen-bond acceptors (Lipinski definition) is 5. The fraction of sp³-hybridized carbons (Fsp3) is 0.300. The SMILES string of the molecule is C=CCS(=O)CC(=NOC)C(=O)Nc1cn[nH]c1Cl. The number of halogens is 1. The molecule has 0 radical (unpaired) electrons. The highest BCUT2D eigenvalue weighted by atomic mass is 35.5. The Labute approximate surface area is 117 Å². The summed E-state index contributed by atoms with van der Waals surface area (Å²) < 4.78 is 11.6. The zero-order chi connectivity index (χ0) is 14.3. The van der Waals surface area contributed by atoms with Gasteiger partial charge in [0.15, 0.2) is 5.71 Å². The second kappa shape index (κ2) is 7.70. The Morgan fingerprint density at radius 2 is 2.53 bits per heavy atom. The normalized spacial score (nSPS) is 12.8. The van der Waals surface area contributed by atoms with Crippen LogP contribution in [-0.2, 0) is 20.4 Å². The highest BCUT2D eigenvalue weighted by Gasteiger charge is 2.17. The van der Waals surface area contributed by atoms with Gasteiger partial charge in [-0.15, -0.1) is 6.58 Å². The third-order valence-corrected chi connectivity index (χ3v) is 3.40. The van der Waals surface area contributed by atoms with Gasteiger partial charge in [0.05, 0.1) is 17.6 Å². The monoisotopic (exact) mass is 304 g/mol. The predicted molar refractivity (Wildman–Crippen MR) is 74.7 cm³/mol. The fourth-order valence-electron chi connectivity index (χ4n) is 1.14. The first kappa shape index (κ1) is 15.4. The van der Waals surface area contributed by atoms with E-state index >= 15 is 0 Å². The van der Waals surface area contributed by atoms with Crippen molar-refractivity contribution in [1.82, 2.24) is 10.2 Å². The van der Waals surface area contributed by atoms with E-state index in [2.05, 4.69) is 32.1 Å². The quantitative estimate of drug-likeness (QED) is 0.445. The van der Waals surface area contributed by atoms with E-state index in [4.69, 9.17) is 11.6 Å². The van der Waals surface area contributed by atoms with Gasteiger partial charge in [-0.2, -0.15) is 5.10 Å². The number of amides is 1. The van der Waals surface area contributed by atoms with Gasteiger partial charge in [-0.05, 0) is 0 Å². The van der Waals surface area contributed by atoms with Crippen LogP contribution in [0, 0.1) is 0 Å². The molecule has 1 aromatic rings. The Hall–Kier alpha value is -1.67. The molecule has 1 heterocycles. The van der Waals surface area contributed by atoms with E-state index < -0.39 is 16.7 Å². The average Bonchev–Trinajstić information content (AvgIpc) is 2.75. The Kier molecular flexibility index (Phi) is 6.23. The average molecular weight is 305 g/mol. The second-order valence-corrected chi connectivity index (χ2v) is 5.19. The van der Waals surface area contributed by atoms with Crippen LogP contribution in [0.25, 0.3) is 0 Å². The van der Waals surface area contributed by atoms with Gasteiger partial charge in [0.2, 0.25) is 0 Å². The number of carbonyl (C=O) groups excluding carboxylic acids is 1. The molecule has 19 heavy (non-hydrogen) atoms. The summed E-state index contributed by atoms with van der Waals surface area (Å²) in [7, 11) is 0.0281. The van der Waals surface area contributed by atoms with Crippen LogP contribution in [0.1, 0.15) is 0 Å². The molecule has 0 bridgehead atoms. The number of H-pyrrole nitrogens is 1. The van der Waals surface area contributed by atoms with Crippen molar-refractivity contribution < 1.29 is 13.8 Å². The van der Waals surface area contributed by atoms with Gasteiger partial charge in [-0.3, -0.25) is 14.1 Å². The summed E-state index contributed by atoms with van der Waals surface area (Å²) in [6.07, 6.45) is 2.86. The van der Waals surface area contributed by atoms with Crippen molar-refractivity contribution in [2.45, 2.75) is 0 Å². The minimum Gasteiger partial charge on any atom is -0.399 e. The summed E-state index contributed by atoms with van der Waals surface area (Å²) in [5.41, 5.74) is 0.310. The van der Waals surface area contributed by atoms with Gasteiger partial charge in [0.25, 0.3) is 5.91 Å². The lowest BCUT2D eigenvalue weighted by Gasteiger charge is -2.05. The molecular weight excluding hydrogens is 292 g/mol. The number of nitrogens with one attached hydrogen (secondary N) is 2. The smallest absolute Gasteiger partial charge is 0.274 e. The van der Waals surface area contributed by atoms with Crippen molar-refractivity contribution >= 4 is 39.7 Å². The molecule has 1 atom stereocenters. The Morgan fingerprint density at radius 3 is 3.05 bits per heavy atom. The van der Waals surface area contributed by atoms with Gasteiger partial charge >= 0.3 is 0 Å². The molecule has 1 aromatic heterocycles. The highest BCUT2D eigenvalue weighted by molar-refractivity contribution is 7.86. The van der Waals surface area contributed by atoms with Crippen LogP contribution < -0.4 is 5.32 Å². The fourth-order valence-corrected chi connectivity index (χ4v) is 2.15. The number of hydrogen-bond donors (Lipinski definition) is 2. The molecule has 0 aromatic carbocycles. The van der Waals surface area contributed by atoms with E-state index in [1.54, 1.807) is 0 Å². The molecule has 0 spiro atoms. The van der Waals surface area contributed by atoms with Crippen molar-refractivity contribution in [3.8, 4) is 0 Å². The molecule has 7 nitrogen and oxygen atoms in total. The summed E-state index contributed by atoms with van der Waals surface area (Å²) in [6, 6.07) is 0. The molecule has 1 rings (SSSR count). The number of nitrogens with zero attached hydrogens (tertiary/aromatic N) is 2. The zero-order valence-corrected chi connectivity index (χ0v) is 11.8. The molecule has 0 fully saturated rings. The van der Waals surface area contributed by atoms with Crippen molar-refractivity contribution in [1.29, 1.82) is 0 Å². The second-order valence-electron chi connectivity index (χ2n) is 3.31. The molecule has 0 saturated carbocycles. The number of anilines is 1. The number of aromatic nitrogens is 2. The lowest BCUT2D eigenvalue weighted by molar-refractivity contribution is -0.110. The molecule has 1 unspecified atom stereocenters. The molecule has 0 aliphatic rings. The first-order chi connectivity index (χ1) is 9.08. The van der Waals surface area contributed by atoms with Gasteiger partial charge in [-0.1, -0.05) is 22.8 Å². The standard InChI is InChI=1S/C10H13ClN4O3S/c1-3-4-19(17)6-8(15-18-2)10(16)13-7-5-12-14-9(7)11/h3,5H,1,4,6H2,2H3,(H,12,14)(H,13,16). The maximum atomic E-state index is 11.9. The molecule has 0 aliphatic carbocycles. The largest absolute Gasteiger partial charge is 0.399 e. The summed E-state index contributed by atoms with van der Waals surface area (Å²) in [5, 5.41) is 12.4. The van der Waals surface area contributed by atoms with E-state index in [0.717, 1.165) is 0 Å². The number of carbonyl (C=O) groups is 1. The maximum Gasteiger partial charge on any atom is 0.274 e. The molecule has 9 heteroatoms. The summed E-state index contributed by atoms with van der Waals surface area (Å²) in [4.78, 5) is 16.5.